The van der Waals surface area contributed by atoms with Crippen molar-refractivity contribution in [2.75, 3.05) is 19.8 Å². The van der Waals surface area contributed by atoms with E-state index in [2.05, 4.69) is 5.32 Å². The van der Waals surface area contributed by atoms with Gasteiger partial charge >= 0.3 is 5.97 Å². The Labute approximate surface area is 163 Å². The number of benzene rings is 2. The zero-order chi connectivity index (χ0) is 19.5. The summed E-state index contributed by atoms with van der Waals surface area (Å²) in [5.74, 6) is -0.132. The summed E-state index contributed by atoms with van der Waals surface area (Å²) < 4.78 is 11.1. The largest absolute Gasteiger partial charge is 0.486 e. The number of fused-ring (bicyclic) bond motifs is 1. The maximum absolute atomic E-state index is 12.5. The first-order chi connectivity index (χ1) is 13.6. The summed E-state index contributed by atoms with van der Waals surface area (Å²) >= 11 is 0. The standard InChI is InChI=1S/C22H23NO5/c24-21(23-13-16(22(25)26)10-14-4-2-1-3-5-14)18-12-17(18)15-6-7-19-20(11-15)28-9-8-27-19/h1-7,11,16-18H,8-10,12-13H2,(H,23,24)(H,25,26). The Morgan fingerprint density at radius 2 is 1.82 bits per heavy atom. The summed E-state index contributed by atoms with van der Waals surface area (Å²) in [6.07, 6.45) is 1.16. The van der Waals surface area contributed by atoms with Gasteiger partial charge in [-0.1, -0.05) is 36.4 Å². The topological polar surface area (TPSA) is 84.9 Å². The van der Waals surface area contributed by atoms with Gasteiger partial charge in [0.15, 0.2) is 11.5 Å². The van der Waals surface area contributed by atoms with Gasteiger partial charge in [0, 0.05) is 12.5 Å². The number of hydrogen-bond donors (Lipinski definition) is 2. The summed E-state index contributed by atoms with van der Waals surface area (Å²) in [6, 6.07) is 15.3. The summed E-state index contributed by atoms with van der Waals surface area (Å²) in [4.78, 5) is 24.0. The Balaban J connectivity index is 1.32. The number of ether oxygens (including phenoxy) is 2. The lowest BCUT2D eigenvalue weighted by Gasteiger charge is -2.19. The fourth-order valence-corrected chi connectivity index (χ4v) is 3.64. The number of rotatable bonds is 7. The Morgan fingerprint density at radius 3 is 2.57 bits per heavy atom. The van der Waals surface area contributed by atoms with Gasteiger partial charge in [-0.25, -0.2) is 0 Å². The minimum Gasteiger partial charge on any atom is -0.486 e. The van der Waals surface area contributed by atoms with Crippen LogP contribution in [0, 0.1) is 11.8 Å². The van der Waals surface area contributed by atoms with Gasteiger partial charge in [-0.05, 0) is 42.0 Å². The molecule has 0 spiro atoms. The highest BCUT2D eigenvalue weighted by molar-refractivity contribution is 5.83. The van der Waals surface area contributed by atoms with Crippen LogP contribution in [-0.4, -0.2) is 36.7 Å². The van der Waals surface area contributed by atoms with E-state index in [1.54, 1.807) is 0 Å². The lowest BCUT2D eigenvalue weighted by molar-refractivity contribution is -0.141. The van der Waals surface area contributed by atoms with Gasteiger partial charge in [-0.2, -0.15) is 0 Å². The SMILES string of the molecule is O=C(O)C(CNC(=O)C1CC1c1ccc2c(c1)OCCO2)Cc1ccccc1. The van der Waals surface area contributed by atoms with Crippen molar-refractivity contribution in [3.8, 4) is 11.5 Å². The van der Waals surface area contributed by atoms with Crippen LogP contribution in [0.4, 0.5) is 0 Å². The predicted molar refractivity (Wildman–Crippen MR) is 103 cm³/mol. The van der Waals surface area contributed by atoms with Crippen LogP contribution in [0.5, 0.6) is 11.5 Å². The maximum atomic E-state index is 12.5. The van der Waals surface area contributed by atoms with Crippen LogP contribution in [0.1, 0.15) is 23.5 Å². The van der Waals surface area contributed by atoms with E-state index < -0.39 is 11.9 Å². The Kier molecular flexibility index (Phi) is 5.19. The molecule has 3 unspecified atom stereocenters. The summed E-state index contributed by atoms with van der Waals surface area (Å²) in [6.45, 7) is 1.21. The highest BCUT2D eigenvalue weighted by Crippen LogP contribution is 2.49. The van der Waals surface area contributed by atoms with Gasteiger partial charge in [-0.15, -0.1) is 0 Å². The lowest BCUT2D eigenvalue weighted by Crippen LogP contribution is -2.35. The van der Waals surface area contributed by atoms with E-state index in [-0.39, 0.29) is 24.3 Å². The van der Waals surface area contributed by atoms with Crippen LogP contribution in [0.3, 0.4) is 0 Å². The molecule has 2 aliphatic rings. The smallest absolute Gasteiger partial charge is 0.308 e. The van der Waals surface area contributed by atoms with Crippen LogP contribution < -0.4 is 14.8 Å². The van der Waals surface area contributed by atoms with Gasteiger partial charge in [0.1, 0.15) is 13.2 Å². The quantitative estimate of drug-likeness (QED) is 0.770. The van der Waals surface area contributed by atoms with Crippen molar-refractivity contribution in [2.24, 2.45) is 11.8 Å². The van der Waals surface area contributed by atoms with Crippen LogP contribution >= 0.6 is 0 Å². The lowest BCUT2D eigenvalue weighted by atomic mass is 9.99. The number of carbonyl (C=O) groups excluding carboxylic acids is 1. The minimum atomic E-state index is -0.900. The molecule has 28 heavy (non-hydrogen) atoms. The van der Waals surface area contributed by atoms with Crippen molar-refractivity contribution in [1.29, 1.82) is 0 Å². The molecule has 6 nitrogen and oxygen atoms in total. The Bertz CT molecular complexity index is 866. The molecule has 2 aromatic carbocycles. The molecule has 1 fully saturated rings. The number of carbonyl (C=O) groups is 2. The first kappa shape index (κ1) is 18.3. The molecule has 1 amide bonds. The van der Waals surface area contributed by atoms with Gasteiger partial charge in [0.2, 0.25) is 5.91 Å². The summed E-state index contributed by atoms with van der Waals surface area (Å²) in [7, 11) is 0. The first-order valence-electron chi connectivity index (χ1n) is 9.56. The maximum Gasteiger partial charge on any atom is 0.308 e. The van der Waals surface area contributed by atoms with E-state index in [4.69, 9.17) is 9.47 Å². The van der Waals surface area contributed by atoms with Crippen LogP contribution in [0.25, 0.3) is 0 Å². The first-order valence-corrected chi connectivity index (χ1v) is 9.56. The predicted octanol–water partition coefficient (Wildman–Crippen LogP) is 2.62. The third kappa shape index (κ3) is 4.11. The Hall–Kier alpha value is -3.02. The molecule has 1 aliphatic carbocycles. The third-order valence-electron chi connectivity index (χ3n) is 5.32. The van der Waals surface area contributed by atoms with Crippen molar-refractivity contribution in [3.05, 3.63) is 59.7 Å². The minimum absolute atomic E-state index is 0.0841. The number of carboxylic acids is 1. The number of hydrogen-bond acceptors (Lipinski definition) is 4. The molecule has 2 aromatic rings. The van der Waals surface area contributed by atoms with E-state index in [1.807, 2.05) is 48.5 Å². The molecule has 0 bridgehead atoms. The zero-order valence-corrected chi connectivity index (χ0v) is 15.5. The Morgan fingerprint density at radius 1 is 1.07 bits per heavy atom. The number of carboxylic acid groups (broad SMARTS) is 1. The van der Waals surface area contributed by atoms with E-state index in [9.17, 15) is 14.7 Å². The molecule has 1 saturated carbocycles. The van der Waals surface area contributed by atoms with E-state index >= 15 is 0 Å². The zero-order valence-electron chi connectivity index (χ0n) is 15.5. The third-order valence-corrected chi connectivity index (χ3v) is 5.32. The van der Waals surface area contributed by atoms with Crippen LogP contribution in [0.15, 0.2) is 48.5 Å². The van der Waals surface area contributed by atoms with Gasteiger partial charge < -0.3 is 19.9 Å². The molecular formula is C22H23NO5. The van der Waals surface area contributed by atoms with Gasteiger partial charge in [-0.3, -0.25) is 9.59 Å². The van der Waals surface area contributed by atoms with Crippen LogP contribution in [-0.2, 0) is 16.0 Å². The van der Waals surface area contributed by atoms with Gasteiger partial charge in [0.05, 0.1) is 5.92 Å². The van der Waals surface area contributed by atoms with E-state index in [1.165, 1.54) is 0 Å². The molecule has 0 saturated heterocycles. The highest BCUT2D eigenvalue weighted by Gasteiger charge is 2.44. The molecule has 0 radical (unpaired) electrons. The van der Waals surface area contributed by atoms with E-state index in [0.29, 0.717) is 19.6 Å². The van der Waals surface area contributed by atoms with Crippen molar-refractivity contribution in [1.82, 2.24) is 5.32 Å². The normalized spacial score (nSPS) is 20.9. The molecule has 1 aliphatic heterocycles. The highest BCUT2D eigenvalue weighted by atomic mass is 16.6. The van der Waals surface area contributed by atoms with Gasteiger partial charge in [0.25, 0.3) is 0 Å². The monoisotopic (exact) mass is 381 g/mol. The number of nitrogens with one attached hydrogen (secondary N) is 1. The fourth-order valence-electron chi connectivity index (χ4n) is 3.64. The molecule has 0 aromatic heterocycles. The summed E-state index contributed by atoms with van der Waals surface area (Å²) in [5.41, 5.74) is 2.01. The second-order valence-corrected chi connectivity index (χ2v) is 7.32. The fraction of sp³-hybridized carbons (Fsp3) is 0.364. The molecule has 1 heterocycles. The second-order valence-electron chi connectivity index (χ2n) is 7.32. The summed E-state index contributed by atoms with van der Waals surface area (Å²) in [5, 5.41) is 12.3. The molecule has 3 atom stereocenters. The second kappa shape index (κ2) is 7.92. The average Bonchev–Trinajstić information content (AvgIpc) is 3.52. The van der Waals surface area contributed by atoms with Crippen molar-refractivity contribution in [3.63, 3.8) is 0 Å². The molecule has 6 heteroatoms. The molecule has 2 N–H and O–H groups in total. The number of aliphatic carboxylic acids is 1. The van der Waals surface area contributed by atoms with Crippen LogP contribution in [0.2, 0.25) is 0 Å². The molecule has 146 valence electrons. The van der Waals surface area contributed by atoms with Crippen molar-refractivity contribution >= 4 is 11.9 Å². The number of amides is 1. The molecule has 4 rings (SSSR count). The average molecular weight is 381 g/mol. The van der Waals surface area contributed by atoms with Crippen molar-refractivity contribution < 1.29 is 24.2 Å². The molecular weight excluding hydrogens is 358 g/mol. The van der Waals surface area contributed by atoms with Crippen molar-refractivity contribution in [2.45, 2.75) is 18.8 Å². The van der Waals surface area contributed by atoms with E-state index in [0.717, 1.165) is 29.0 Å².